The lowest BCUT2D eigenvalue weighted by atomic mass is 10.0. The average Bonchev–Trinajstić information content (AvgIpc) is 2.78. The number of hydrogen-bond donors (Lipinski definition) is 1. The van der Waals surface area contributed by atoms with Crippen LogP contribution in [0.1, 0.15) is 31.2 Å². The predicted molar refractivity (Wildman–Crippen MR) is 83.3 cm³/mol. The lowest BCUT2D eigenvalue weighted by molar-refractivity contribution is 0.00596. The summed E-state index contributed by atoms with van der Waals surface area (Å²) < 4.78 is 12.9. The summed E-state index contributed by atoms with van der Waals surface area (Å²) in [5.41, 5.74) is 1.15. The van der Waals surface area contributed by atoms with E-state index in [0.717, 1.165) is 28.6 Å². The molecule has 0 radical (unpaired) electrons. The van der Waals surface area contributed by atoms with E-state index in [9.17, 15) is 0 Å². The molecule has 1 aromatic carbocycles. The van der Waals surface area contributed by atoms with Gasteiger partial charge in [-0.3, -0.25) is 0 Å². The average molecular weight is 340 g/mol. The summed E-state index contributed by atoms with van der Waals surface area (Å²) in [6.45, 7) is 3.36. The molecule has 2 fully saturated rings. The predicted octanol–water partition coefficient (Wildman–Crippen LogP) is 3.44. The van der Waals surface area contributed by atoms with Crippen LogP contribution in [-0.2, 0) is 4.74 Å². The molecule has 2 aliphatic heterocycles. The molecule has 0 aliphatic carbocycles. The van der Waals surface area contributed by atoms with E-state index in [1.165, 1.54) is 12.8 Å². The molecule has 2 unspecified atom stereocenters. The third-order valence-corrected chi connectivity index (χ3v) is 5.20. The number of hydrogen-bond acceptors (Lipinski definition) is 3. The van der Waals surface area contributed by atoms with Crippen LogP contribution in [0.5, 0.6) is 5.75 Å². The molecule has 4 heteroatoms. The molecule has 2 atom stereocenters. The zero-order chi connectivity index (χ0) is 13.9. The summed E-state index contributed by atoms with van der Waals surface area (Å²) in [6, 6.07) is 7.41. The van der Waals surface area contributed by atoms with Crippen LogP contribution in [0.25, 0.3) is 0 Å². The fraction of sp³-hybridized carbons (Fsp3) is 0.625. The number of halogens is 1. The van der Waals surface area contributed by atoms with Crippen LogP contribution < -0.4 is 10.1 Å². The monoisotopic (exact) mass is 339 g/mol. The quantitative estimate of drug-likeness (QED) is 0.833. The van der Waals surface area contributed by atoms with Gasteiger partial charge in [-0.25, -0.2) is 0 Å². The Morgan fingerprint density at radius 3 is 2.70 bits per heavy atom. The molecule has 1 N–H and O–H groups in total. The molecule has 20 heavy (non-hydrogen) atoms. The Balaban J connectivity index is 1.41. The third-order valence-electron chi connectivity index (χ3n) is 4.34. The Labute approximate surface area is 129 Å². The van der Waals surface area contributed by atoms with Crippen LogP contribution in [0, 0.1) is 6.92 Å². The highest BCUT2D eigenvalue weighted by atomic mass is 79.9. The maximum absolute atomic E-state index is 5.98. The Kier molecular flexibility index (Phi) is 4.64. The van der Waals surface area contributed by atoms with Gasteiger partial charge in [-0.15, -0.1) is 0 Å². The molecule has 110 valence electrons. The Bertz CT molecular complexity index is 454. The van der Waals surface area contributed by atoms with Gasteiger partial charge < -0.3 is 14.8 Å². The molecule has 0 spiro atoms. The zero-order valence-corrected chi connectivity index (χ0v) is 13.5. The van der Waals surface area contributed by atoms with Gasteiger partial charge in [0.1, 0.15) is 12.4 Å². The summed E-state index contributed by atoms with van der Waals surface area (Å²) in [7, 11) is 0. The van der Waals surface area contributed by atoms with Crippen LogP contribution in [0.2, 0.25) is 0 Å². The minimum Gasteiger partial charge on any atom is -0.491 e. The number of piperidine rings is 1. The van der Waals surface area contributed by atoms with Gasteiger partial charge in [-0.05, 0) is 44.7 Å². The third kappa shape index (κ3) is 3.35. The van der Waals surface area contributed by atoms with Crippen LogP contribution in [-0.4, -0.2) is 31.4 Å². The molecule has 0 amide bonds. The summed E-state index contributed by atoms with van der Waals surface area (Å²) in [6.07, 6.45) is 5.37. The Hall–Kier alpha value is -0.580. The van der Waals surface area contributed by atoms with Crippen molar-refractivity contribution in [2.45, 2.75) is 50.8 Å². The van der Waals surface area contributed by atoms with E-state index in [-0.39, 0.29) is 0 Å². The van der Waals surface area contributed by atoms with Crippen molar-refractivity contribution in [3.8, 4) is 5.75 Å². The molecule has 0 saturated carbocycles. The highest BCUT2D eigenvalue weighted by Crippen LogP contribution is 2.28. The number of rotatable bonds is 5. The van der Waals surface area contributed by atoms with Crippen molar-refractivity contribution >= 4 is 15.9 Å². The van der Waals surface area contributed by atoms with Crippen LogP contribution in [0.15, 0.2) is 22.7 Å². The van der Waals surface area contributed by atoms with Gasteiger partial charge in [0.05, 0.1) is 12.7 Å². The summed E-state index contributed by atoms with van der Waals surface area (Å²) in [4.78, 5) is 0. The van der Waals surface area contributed by atoms with Gasteiger partial charge in [0, 0.05) is 22.1 Å². The van der Waals surface area contributed by atoms with E-state index in [4.69, 9.17) is 9.47 Å². The molecule has 2 bridgehead atoms. The molecular formula is C16H22BrNO2. The normalized spacial score (nSPS) is 28.6. The topological polar surface area (TPSA) is 30.5 Å². The van der Waals surface area contributed by atoms with Crippen molar-refractivity contribution < 1.29 is 9.47 Å². The van der Waals surface area contributed by atoms with Gasteiger partial charge in [0.25, 0.3) is 0 Å². The number of fused-ring (bicyclic) bond motifs is 2. The summed E-state index contributed by atoms with van der Waals surface area (Å²) in [5.74, 6) is 0.938. The van der Waals surface area contributed by atoms with E-state index < -0.39 is 0 Å². The fourth-order valence-electron chi connectivity index (χ4n) is 3.25. The van der Waals surface area contributed by atoms with E-state index >= 15 is 0 Å². The van der Waals surface area contributed by atoms with Crippen molar-refractivity contribution in [2.24, 2.45) is 0 Å². The smallest absolute Gasteiger partial charge is 0.123 e. The second-order valence-electron chi connectivity index (χ2n) is 5.81. The first-order chi connectivity index (χ1) is 9.72. The second-order valence-corrected chi connectivity index (χ2v) is 6.67. The minimum absolute atomic E-state index is 0.418. The van der Waals surface area contributed by atoms with E-state index in [2.05, 4.69) is 28.2 Å². The molecule has 1 aromatic rings. The molecule has 0 aromatic heterocycles. The molecule has 3 nitrogen and oxygen atoms in total. The molecule has 2 heterocycles. The van der Waals surface area contributed by atoms with Gasteiger partial charge >= 0.3 is 0 Å². The summed E-state index contributed by atoms with van der Waals surface area (Å²) in [5, 5.41) is 3.63. The van der Waals surface area contributed by atoms with E-state index in [0.29, 0.717) is 31.4 Å². The van der Waals surface area contributed by atoms with Crippen molar-refractivity contribution in [2.75, 3.05) is 13.2 Å². The van der Waals surface area contributed by atoms with Gasteiger partial charge in [-0.1, -0.05) is 22.0 Å². The molecule has 2 aliphatic rings. The van der Waals surface area contributed by atoms with E-state index in [1.807, 2.05) is 18.2 Å². The highest BCUT2D eigenvalue weighted by molar-refractivity contribution is 9.10. The van der Waals surface area contributed by atoms with Crippen LogP contribution in [0.3, 0.4) is 0 Å². The Morgan fingerprint density at radius 2 is 1.95 bits per heavy atom. The fourth-order valence-corrected chi connectivity index (χ4v) is 3.60. The van der Waals surface area contributed by atoms with Crippen molar-refractivity contribution in [3.05, 3.63) is 28.2 Å². The van der Waals surface area contributed by atoms with Gasteiger partial charge in [-0.2, -0.15) is 0 Å². The standard InChI is InChI=1S/C16H22BrNO2/c1-11-15(17)3-2-4-16(11)20-8-7-19-14-9-12-5-6-13(10-14)18-12/h2-4,12-14,18H,5-10H2,1H3. The molecular weight excluding hydrogens is 318 g/mol. The highest BCUT2D eigenvalue weighted by Gasteiger charge is 2.33. The first-order valence-corrected chi connectivity index (χ1v) is 8.27. The van der Waals surface area contributed by atoms with E-state index in [1.54, 1.807) is 0 Å². The first-order valence-electron chi connectivity index (χ1n) is 7.48. The van der Waals surface area contributed by atoms with Crippen LogP contribution in [0.4, 0.5) is 0 Å². The van der Waals surface area contributed by atoms with Crippen molar-refractivity contribution in [1.29, 1.82) is 0 Å². The van der Waals surface area contributed by atoms with Crippen LogP contribution >= 0.6 is 15.9 Å². The van der Waals surface area contributed by atoms with Gasteiger partial charge in [0.15, 0.2) is 0 Å². The van der Waals surface area contributed by atoms with Crippen molar-refractivity contribution in [1.82, 2.24) is 5.32 Å². The minimum atomic E-state index is 0.418. The Morgan fingerprint density at radius 1 is 1.20 bits per heavy atom. The zero-order valence-electron chi connectivity index (χ0n) is 11.9. The molecule has 2 saturated heterocycles. The maximum atomic E-state index is 5.98. The molecule has 3 rings (SSSR count). The second kappa shape index (κ2) is 6.46. The lowest BCUT2D eigenvalue weighted by Crippen LogP contribution is -2.41. The largest absolute Gasteiger partial charge is 0.491 e. The summed E-state index contributed by atoms with van der Waals surface area (Å²) >= 11 is 3.52. The SMILES string of the molecule is Cc1c(Br)cccc1OCCOC1CC2CCC(C1)N2. The number of benzene rings is 1. The first kappa shape index (κ1) is 14.4. The van der Waals surface area contributed by atoms with Crippen molar-refractivity contribution in [3.63, 3.8) is 0 Å². The number of nitrogens with one attached hydrogen (secondary N) is 1. The lowest BCUT2D eigenvalue weighted by Gasteiger charge is -2.29. The number of ether oxygens (including phenoxy) is 2. The van der Waals surface area contributed by atoms with Gasteiger partial charge in [0.2, 0.25) is 0 Å². The maximum Gasteiger partial charge on any atom is 0.123 e.